The normalized spacial score (nSPS) is 16.3. The molecule has 0 heterocycles. The van der Waals surface area contributed by atoms with E-state index >= 15 is 0 Å². The Balaban J connectivity index is 2.19. The van der Waals surface area contributed by atoms with Gasteiger partial charge in [-0.15, -0.1) is 0 Å². The Morgan fingerprint density at radius 1 is 0.862 bits per heavy atom. The lowest BCUT2D eigenvalue weighted by atomic mass is 9.90. The van der Waals surface area contributed by atoms with Crippen molar-refractivity contribution in [3.05, 3.63) is 81.9 Å². The first-order valence-corrected chi connectivity index (χ1v) is 8.75. The third kappa shape index (κ3) is 5.09. The maximum atomic E-state index is 12.4. The summed E-state index contributed by atoms with van der Waals surface area (Å²) in [5, 5.41) is 51.8. The van der Waals surface area contributed by atoms with Crippen molar-refractivity contribution < 1.29 is 34.9 Å². The Morgan fingerprint density at radius 3 is 1.76 bits per heavy atom. The van der Waals surface area contributed by atoms with Gasteiger partial charge >= 0.3 is 5.72 Å². The second-order valence-corrected chi connectivity index (χ2v) is 6.57. The van der Waals surface area contributed by atoms with Crippen LogP contribution in [0.1, 0.15) is 11.1 Å². The number of benzene rings is 2. The number of aliphatic hydroxyl groups excluding tert-OH is 3. The van der Waals surface area contributed by atoms with Crippen molar-refractivity contribution >= 4 is 11.6 Å². The van der Waals surface area contributed by atoms with Gasteiger partial charge in [-0.2, -0.15) is 0 Å². The molecule has 0 aliphatic rings. The summed E-state index contributed by atoms with van der Waals surface area (Å²) < 4.78 is 0. The predicted molar refractivity (Wildman–Crippen MR) is 100 cm³/mol. The maximum absolute atomic E-state index is 12.4. The number of Topliss-reactive ketones (excluding diaryl/α,β-unsaturated/α-hetero) is 2. The topological polar surface area (TPSA) is 158 Å². The van der Waals surface area contributed by atoms with Crippen molar-refractivity contribution in [2.45, 2.75) is 36.9 Å². The largest absolute Gasteiger partial charge is 0.446 e. The van der Waals surface area contributed by atoms with Gasteiger partial charge in [0, 0.05) is 12.8 Å². The molecule has 0 spiro atoms. The summed E-state index contributed by atoms with van der Waals surface area (Å²) in [5.74, 6) is -3.70. The SMILES string of the molecule is O=C(C(O)Cc1ccccc1)[C@@](O)(C(=O)[C@@H](O)C(O)Cc1ccccc1)[N+](=O)[O-]. The number of nitrogens with zero attached hydrogens (tertiary/aromatic N) is 1. The fourth-order valence-electron chi connectivity index (χ4n) is 2.81. The van der Waals surface area contributed by atoms with Crippen LogP contribution in [0.15, 0.2) is 60.7 Å². The fourth-order valence-corrected chi connectivity index (χ4v) is 2.81. The fraction of sp³-hybridized carbons (Fsp3) is 0.300. The van der Waals surface area contributed by atoms with E-state index in [4.69, 9.17) is 0 Å². The lowest BCUT2D eigenvalue weighted by molar-refractivity contribution is -0.585. The minimum absolute atomic E-state index is 0.248. The molecule has 2 rings (SSSR count). The first-order chi connectivity index (χ1) is 13.7. The van der Waals surface area contributed by atoms with Gasteiger partial charge in [-0.25, -0.2) is 0 Å². The summed E-state index contributed by atoms with van der Waals surface area (Å²) in [6.07, 6.45) is -6.93. The Bertz CT molecular complexity index is 857. The van der Waals surface area contributed by atoms with Gasteiger partial charge in [-0.1, -0.05) is 60.7 Å². The van der Waals surface area contributed by atoms with Gasteiger partial charge < -0.3 is 20.4 Å². The molecule has 9 nitrogen and oxygen atoms in total. The number of carbonyl (C=O) groups excluding carboxylic acids is 2. The minimum Gasteiger partial charge on any atom is -0.390 e. The van der Waals surface area contributed by atoms with Crippen LogP contribution in [-0.2, 0) is 22.4 Å². The molecule has 0 amide bonds. The van der Waals surface area contributed by atoms with Crippen LogP contribution >= 0.6 is 0 Å². The molecule has 9 heteroatoms. The molecule has 0 aromatic heterocycles. The standard InChI is InChI=1S/C20H21NO8/c22-15(11-13-7-3-1-4-8-13)17(24)19(26)20(27,21(28)29)18(25)16(23)12-14-9-5-2-6-10-14/h1-10,15-17,22-24,27H,11-12H2/t15?,16?,17-,20+/m0/s1. The van der Waals surface area contributed by atoms with Gasteiger partial charge in [0.2, 0.25) is 0 Å². The highest BCUT2D eigenvalue weighted by Crippen LogP contribution is 2.19. The molecule has 29 heavy (non-hydrogen) atoms. The van der Waals surface area contributed by atoms with Crippen LogP contribution in [0, 0.1) is 10.1 Å². The highest BCUT2D eigenvalue weighted by Gasteiger charge is 2.61. The van der Waals surface area contributed by atoms with Crippen LogP contribution in [0.3, 0.4) is 0 Å². The van der Waals surface area contributed by atoms with E-state index in [1.807, 2.05) is 0 Å². The molecule has 4 atom stereocenters. The smallest absolute Gasteiger partial charge is 0.390 e. The summed E-state index contributed by atoms with van der Waals surface area (Å²) in [4.78, 5) is 34.6. The van der Waals surface area contributed by atoms with E-state index in [1.54, 1.807) is 60.7 Å². The van der Waals surface area contributed by atoms with Crippen molar-refractivity contribution in [3.63, 3.8) is 0 Å². The van der Waals surface area contributed by atoms with Crippen LogP contribution in [0.5, 0.6) is 0 Å². The quantitative estimate of drug-likeness (QED) is 0.181. The number of hydrogen-bond acceptors (Lipinski definition) is 8. The summed E-state index contributed by atoms with van der Waals surface area (Å²) in [6.45, 7) is 0. The maximum Gasteiger partial charge on any atom is 0.446 e. The zero-order valence-electron chi connectivity index (χ0n) is 15.3. The van der Waals surface area contributed by atoms with Crippen LogP contribution < -0.4 is 0 Å². The average molecular weight is 403 g/mol. The summed E-state index contributed by atoms with van der Waals surface area (Å²) in [5.41, 5.74) is -2.94. The van der Waals surface area contributed by atoms with E-state index < -0.39 is 40.5 Å². The summed E-state index contributed by atoms with van der Waals surface area (Å²) in [6, 6.07) is 16.2. The molecule has 0 aliphatic heterocycles. The molecule has 0 radical (unpaired) electrons. The molecule has 0 fully saturated rings. The third-order valence-electron chi connectivity index (χ3n) is 4.45. The van der Waals surface area contributed by atoms with E-state index in [1.165, 1.54) is 0 Å². The van der Waals surface area contributed by atoms with E-state index in [0.29, 0.717) is 11.1 Å². The van der Waals surface area contributed by atoms with Gasteiger partial charge in [0.25, 0.3) is 11.6 Å². The molecule has 0 bridgehead atoms. The second-order valence-electron chi connectivity index (χ2n) is 6.57. The zero-order valence-corrected chi connectivity index (χ0v) is 15.3. The monoisotopic (exact) mass is 403 g/mol. The van der Waals surface area contributed by atoms with Crippen LogP contribution in [-0.4, -0.2) is 61.0 Å². The molecule has 2 aromatic rings. The average Bonchev–Trinajstić information content (AvgIpc) is 2.72. The molecule has 0 saturated heterocycles. The van der Waals surface area contributed by atoms with Gasteiger partial charge in [-0.05, 0) is 11.1 Å². The molecular weight excluding hydrogens is 382 g/mol. The highest BCUT2D eigenvalue weighted by atomic mass is 16.7. The van der Waals surface area contributed by atoms with Crippen LogP contribution in [0.25, 0.3) is 0 Å². The van der Waals surface area contributed by atoms with Gasteiger partial charge in [-0.3, -0.25) is 19.7 Å². The lowest BCUT2D eigenvalue weighted by Crippen LogP contribution is -2.62. The number of hydrogen-bond donors (Lipinski definition) is 4. The zero-order chi connectivity index (χ0) is 21.6. The van der Waals surface area contributed by atoms with Crippen molar-refractivity contribution in [1.82, 2.24) is 0 Å². The highest BCUT2D eigenvalue weighted by molar-refractivity contribution is 6.11. The van der Waals surface area contributed by atoms with Crippen molar-refractivity contribution in [2.24, 2.45) is 0 Å². The number of rotatable bonds is 10. The van der Waals surface area contributed by atoms with Crippen molar-refractivity contribution in [3.8, 4) is 0 Å². The van der Waals surface area contributed by atoms with E-state index in [9.17, 15) is 40.1 Å². The summed E-state index contributed by atoms with van der Waals surface area (Å²) in [7, 11) is 0. The second kappa shape index (κ2) is 9.48. The van der Waals surface area contributed by atoms with Crippen molar-refractivity contribution in [2.75, 3.05) is 0 Å². The lowest BCUT2D eigenvalue weighted by Gasteiger charge is -2.24. The van der Waals surface area contributed by atoms with Crippen molar-refractivity contribution in [1.29, 1.82) is 0 Å². The van der Waals surface area contributed by atoms with E-state index in [-0.39, 0.29) is 12.8 Å². The Hall–Kier alpha value is -2.98. The van der Waals surface area contributed by atoms with E-state index in [2.05, 4.69) is 0 Å². The Morgan fingerprint density at radius 2 is 1.31 bits per heavy atom. The Kier molecular flexibility index (Phi) is 7.29. The third-order valence-corrected chi connectivity index (χ3v) is 4.45. The molecule has 0 saturated carbocycles. The predicted octanol–water partition coefficient (Wildman–Crippen LogP) is -0.342. The summed E-state index contributed by atoms with van der Waals surface area (Å²) >= 11 is 0. The molecule has 2 unspecified atom stereocenters. The molecule has 2 aromatic carbocycles. The van der Waals surface area contributed by atoms with E-state index in [0.717, 1.165) is 0 Å². The first-order valence-electron chi connectivity index (χ1n) is 8.75. The molecule has 0 aliphatic carbocycles. The first kappa shape index (κ1) is 22.3. The number of nitro groups is 1. The minimum atomic E-state index is -3.90. The van der Waals surface area contributed by atoms with Gasteiger partial charge in [0.05, 0.1) is 11.0 Å². The molecular formula is C20H21NO8. The molecule has 4 N–H and O–H groups in total. The molecule has 154 valence electrons. The Labute approximate surface area is 166 Å². The number of ketones is 2. The van der Waals surface area contributed by atoms with Gasteiger partial charge in [0.1, 0.15) is 12.2 Å². The number of aliphatic hydroxyl groups is 4. The van der Waals surface area contributed by atoms with Crippen LogP contribution in [0.2, 0.25) is 0 Å². The number of carbonyl (C=O) groups is 2. The van der Waals surface area contributed by atoms with Crippen LogP contribution in [0.4, 0.5) is 0 Å². The van der Waals surface area contributed by atoms with Gasteiger partial charge in [0.15, 0.2) is 0 Å².